The molecule has 4 nitrogen and oxygen atoms in total. The Morgan fingerprint density at radius 2 is 2.37 bits per heavy atom. The van der Waals surface area contributed by atoms with Crippen molar-refractivity contribution in [3.05, 3.63) is 29.3 Å². The molecule has 1 aliphatic rings. The maximum atomic E-state index is 12.1. The molecule has 0 aliphatic carbocycles. The first-order chi connectivity index (χ1) is 9.20. The Hall–Kier alpha value is -1.55. The zero-order valence-electron chi connectivity index (χ0n) is 11.7. The van der Waals surface area contributed by atoms with Crippen LogP contribution in [-0.2, 0) is 11.2 Å². The molecule has 1 unspecified atom stereocenters. The van der Waals surface area contributed by atoms with Crippen LogP contribution in [-0.4, -0.2) is 31.7 Å². The highest BCUT2D eigenvalue weighted by atomic mass is 16.5. The van der Waals surface area contributed by atoms with Crippen molar-refractivity contribution in [2.45, 2.75) is 32.8 Å². The van der Waals surface area contributed by atoms with Gasteiger partial charge in [0.1, 0.15) is 0 Å². The lowest BCUT2D eigenvalue weighted by Crippen LogP contribution is -2.32. The average Bonchev–Trinajstić information content (AvgIpc) is 2.44. The number of nitrogens with one attached hydrogen (secondary N) is 2. The first kappa shape index (κ1) is 13.9. The second kappa shape index (κ2) is 6.57. The van der Waals surface area contributed by atoms with Crippen molar-refractivity contribution in [3.8, 4) is 0 Å². The van der Waals surface area contributed by atoms with Gasteiger partial charge in [-0.1, -0.05) is 0 Å². The monoisotopic (exact) mass is 262 g/mol. The summed E-state index contributed by atoms with van der Waals surface area (Å²) in [5.74, 6) is -0.0278. The summed E-state index contributed by atoms with van der Waals surface area (Å²) in [6.45, 7) is 6.14. The number of carbonyl (C=O) groups is 1. The molecule has 2 N–H and O–H groups in total. The molecule has 1 heterocycles. The molecule has 1 atom stereocenters. The number of anilines is 1. The van der Waals surface area contributed by atoms with Crippen molar-refractivity contribution >= 4 is 11.6 Å². The van der Waals surface area contributed by atoms with Crippen molar-refractivity contribution in [1.29, 1.82) is 0 Å². The number of ether oxygens (including phenoxy) is 1. The Labute approximate surface area is 114 Å². The molecule has 19 heavy (non-hydrogen) atoms. The normalized spacial score (nSPS) is 15.3. The summed E-state index contributed by atoms with van der Waals surface area (Å²) in [7, 11) is 0. The van der Waals surface area contributed by atoms with Gasteiger partial charge < -0.3 is 15.4 Å². The number of carbonyl (C=O) groups excluding carboxylic acids is 1. The highest BCUT2D eigenvalue weighted by Gasteiger charge is 2.13. The van der Waals surface area contributed by atoms with E-state index in [4.69, 9.17) is 4.74 Å². The fraction of sp³-hybridized carbons (Fsp3) is 0.533. The van der Waals surface area contributed by atoms with E-state index in [0.717, 1.165) is 30.6 Å². The van der Waals surface area contributed by atoms with Gasteiger partial charge in [0, 0.05) is 30.9 Å². The van der Waals surface area contributed by atoms with Crippen molar-refractivity contribution in [2.24, 2.45) is 0 Å². The van der Waals surface area contributed by atoms with Crippen LogP contribution in [0.25, 0.3) is 0 Å². The minimum atomic E-state index is -0.0278. The minimum Gasteiger partial charge on any atom is -0.385 e. The number of aryl methyl sites for hydroxylation is 1. The van der Waals surface area contributed by atoms with Gasteiger partial charge in [0.2, 0.25) is 0 Å². The number of benzene rings is 1. The molecule has 0 spiro atoms. The van der Waals surface area contributed by atoms with Gasteiger partial charge >= 0.3 is 0 Å². The number of hydrogen-bond acceptors (Lipinski definition) is 3. The van der Waals surface area contributed by atoms with Crippen LogP contribution >= 0.6 is 0 Å². The molecule has 4 heteroatoms. The maximum absolute atomic E-state index is 12.1. The highest BCUT2D eigenvalue weighted by Crippen LogP contribution is 2.22. The summed E-state index contributed by atoms with van der Waals surface area (Å²) in [5.41, 5.74) is 3.12. The second-order valence-corrected chi connectivity index (χ2v) is 4.88. The van der Waals surface area contributed by atoms with Crippen LogP contribution in [0.1, 0.15) is 36.2 Å². The largest absolute Gasteiger partial charge is 0.385 e. The molecule has 0 bridgehead atoms. The Morgan fingerprint density at radius 1 is 1.53 bits per heavy atom. The molecule has 0 saturated heterocycles. The molecule has 0 aromatic heterocycles. The van der Waals surface area contributed by atoms with E-state index in [0.29, 0.717) is 13.2 Å². The fourth-order valence-corrected chi connectivity index (χ4v) is 2.30. The quantitative estimate of drug-likeness (QED) is 0.855. The van der Waals surface area contributed by atoms with Gasteiger partial charge in [0.15, 0.2) is 0 Å². The fourth-order valence-electron chi connectivity index (χ4n) is 2.30. The molecule has 0 fully saturated rings. The zero-order valence-corrected chi connectivity index (χ0v) is 11.7. The van der Waals surface area contributed by atoms with Crippen LogP contribution < -0.4 is 10.6 Å². The lowest BCUT2D eigenvalue weighted by Gasteiger charge is -2.19. The third-order valence-electron chi connectivity index (χ3n) is 3.31. The van der Waals surface area contributed by atoms with E-state index in [2.05, 4.69) is 10.6 Å². The number of amides is 1. The molecule has 1 aromatic rings. The third-order valence-corrected chi connectivity index (χ3v) is 3.31. The van der Waals surface area contributed by atoms with Gasteiger partial charge in [-0.25, -0.2) is 0 Å². The van der Waals surface area contributed by atoms with Crippen molar-refractivity contribution < 1.29 is 9.53 Å². The molecular formula is C15H22N2O2. The summed E-state index contributed by atoms with van der Waals surface area (Å²) in [6.07, 6.45) is 2.21. The number of hydrogen-bond donors (Lipinski definition) is 2. The smallest absolute Gasteiger partial charge is 0.251 e. The highest BCUT2D eigenvalue weighted by molar-refractivity contribution is 5.95. The van der Waals surface area contributed by atoms with E-state index in [1.54, 1.807) is 0 Å². The molecule has 1 amide bonds. The topological polar surface area (TPSA) is 50.4 Å². The van der Waals surface area contributed by atoms with E-state index >= 15 is 0 Å². The molecule has 2 rings (SSSR count). The summed E-state index contributed by atoms with van der Waals surface area (Å²) >= 11 is 0. The summed E-state index contributed by atoms with van der Waals surface area (Å²) < 4.78 is 5.39. The number of rotatable bonds is 5. The van der Waals surface area contributed by atoms with Crippen LogP contribution in [0, 0.1) is 0 Å². The first-order valence-corrected chi connectivity index (χ1v) is 6.97. The molecule has 104 valence electrons. The Kier molecular flexibility index (Phi) is 4.80. The molecule has 0 radical (unpaired) electrons. The molecular weight excluding hydrogens is 240 g/mol. The van der Waals surface area contributed by atoms with Crippen LogP contribution in [0.15, 0.2) is 18.2 Å². The predicted octanol–water partition coefficient (Wildman–Crippen LogP) is 2.20. The SMILES string of the molecule is CCOC(C)CNC(=O)c1ccc2c(c1)CCCN2. The van der Waals surface area contributed by atoms with Gasteiger partial charge in [0.25, 0.3) is 5.91 Å². The summed E-state index contributed by atoms with van der Waals surface area (Å²) in [4.78, 5) is 12.1. The summed E-state index contributed by atoms with van der Waals surface area (Å²) in [5, 5.41) is 6.25. The standard InChI is InChI=1S/C15H22N2O2/c1-3-19-11(2)10-17-15(18)13-6-7-14-12(9-13)5-4-8-16-14/h6-7,9,11,16H,3-5,8,10H2,1-2H3,(H,17,18). The predicted molar refractivity (Wildman–Crippen MR) is 76.7 cm³/mol. The van der Waals surface area contributed by atoms with Gasteiger partial charge in [-0.15, -0.1) is 0 Å². The third kappa shape index (κ3) is 3.70. The van der Waals surface area contributed by atoms with Gasteiger partial charge in [-0.2, -0.15) is 0 Å². The Bertz CT molecular complexity index is 446. The zero-order chi connectivity index (χ0) is 13.7. The van der Waals surface area contributed by atoms with Gasteiger partial charge in [0.05, 0.1) is 6.10 Å². The molecule has 1 aliphatic heterocycles. The minimum absolute atomic E-state index is 0.0278. The molecule has 1 aromatic carbocycles. The Balaban J connectivity index is 1.95. The molecule has 0 saturated carbocycles. The van der Waals surface area contributed by atoms with E-state index in [-0.39, 0.29) is 12.0 Å². The van der Waals surface area contributed by atoms with Gasteiger partial charge in [-0.3, -0.25) is 4.79 Å². The lowest BCUT2D eigenvalue weighted by molar-refractivity contribution is 0.0695. The van der Waals surface area contributed by atoms with E-state index in [9.17, 15) is 4.79 Å². The first-order valence-electron chi connectivity index (χ1n) is 6.97. The van der Waals surface area contributed by atoms with E-state index in [1.165, 1.54) is 5.56 Å². The van der Waals surface area contributed by atoms with Crippen LogP contribution in [0.4, 0.5) is 5.69 Å². The maximum Gasteiger partial charge on any atom is 0.251 e. The van der Waals surface area contributed by atoms with Crippen molar-refractivity contribution in [1.82, 2.24) is 5.32 Å². The van der Waals surface area contributed by atoms with Crippen LogP contribution in [0.2, 0.25) is 0 Å². The van der Waals surface area contributed by atoms with Crippen LogP contribution in [0.3, 0.4) is 0 Å². The van der Waals surface area contributed by atoms with Crippen molar-refractivity contribution in [3.63, 3.8) is 0 Å². The number of fused-ring (bicyclic) bond motifs is 1. The lowest BCUT2D eigenvalue weighted by atomic mass is 10.0. The van der Waals surface area contributed by atoms with Crippen molar-refractivity contribution in [2.75, 3.05) is 25.0 Å². The Morgan fingerprint density at radius 3 is 3.16 bits per heavy atom. The van der Waals surface area contributed by atoms with Gasteiger partial charge in [-0.05, 0) is 50.5 Å². The summed E-state index contributed by atoms with van der Waals surface area (Å²) in [6, 6.07) is 5.86. The van der Waals surface area contributed by atoms with E-state index in [1.807, 2.05) is 32.0 Å². The van der Waals surface area contributed by atoms with E-state index < -0.39 is 0 Å². The van der Waals surface area contributed by atoms with Crippen LogP contribution in [0.5, 0.6) is 0 Å². The average molecular weight is 262 g/mol. The second-order valence-electron chi connectivity index (χ2n) is 4.88.